The van der Waals surface area contributed by atoms with Gasteiger partial charge in [-0.25, -0.2) is 0 Å². The number of ether oxygens (including phenoxy) is 2. The molecule has 7 heteroatoms. The summed E-state index contributed by atoms with van der Waals surface area (Å²) in [6, 6.07) is 14.9. The molecule has 2 aromatic rings. The van der Waals surface area contributed by atoms with Gasteiger partial charge in [-0.2, -0.15) is 0 Å². The van der Waals surface area contributed by atoms with Crippen molar-refractivity contribution in [1.29, 1.82) is 0 Å². The topological polar surface area (TPSA) is 76.2 Å². The molecule has 0 saturated carbocycles. The molecule has 2 aromatic carbocycles. The molecule has 0 aliphatic carbocycles. The van der Waals surface area contributed by atoms with Crippen molar-refractivity contribution in [3.63, 3.8) is 0 Å². The second kappa shape index (κ2) is 9.90. The summed E-state index contributed by atoms with van der Waals surface area (Å²) < 4.78 is 11.0. The summed E-state index contributed by atoms with van der Waals surface area (Å²) in [5.74, 6) is -0.494. The molecule has 2 heterocycles. The Bertz CT molecular complexity index is 1090. The Kier molecular flexibility index (Phi) is 6.77. The largest absolute Gasteiger partial charge is 0.466 e. The number of carbonyl (C=O) groups excluding carboxylic acids is 3. The number of amides is 2. The summed E-state index contributed by atoms with van der Waals surface area (Å²) in [5, 5.41) is 0. The van der Waals surface area contributed by atoms with E-state index >= 15 is 0 Å². The molecule has 1 atom stereocenters. The van der Waals surface area contributed by atoms with E-state index in [9.17, 15) is 14.4 Å². The van der Waals surface area contributed by atoms with E-state index in [0.717, 1.165) is 17.5 Å². The Labute approximate surface area is 193 Å². The summed E-state index contributed by atoms with van der Waals surface area (Å²) in [6.07, 6.45) is 3.12. The van der Waals surface area contributed by atoms with Gasteiger partial charge in [0.25, 0.3) is 5.91 Å². The first kappa shape index (κ1) is 22.6. The minimum Gasteiger partial charge on any atom is -0.466 e. The number of aryl methyl sites for hydroxylation is 1. The standard InChI is InChI=1S/C26H28N2O5/c1-3-32-26(31)20-10-7-13-27(16-20)24(29)17-28-21-11-4-5-12-22(21)33-23(25(28)30)15-19-9-6-8-18(2)14-19/h4-6,8-9,11-12,14-15,20H,3,7,10,13,16-17H2,1-2H3/b23-15+. The van der Waals surface area contributed by atoms with E-state index in [1.165, 1.54) is 4.90 Å². The fourth-order valence-electron chi connectivity index (χ4n) is 4.22. The Morgan fingerprint density at radius 3 is 2.79 bits per heavy atom. The highest BCUT2D eigenvalue weighted by molar-refractivity contribution is 6.12. The fraction of sp³-hybridized carbons (Fsp3) is 0.346. The highest BCUT2D eigenvalue weighted by Gasteiger charge is 2.35. The summed E-state index contributed by atoms with van der Waals surface area (Å²) in [6.45, 7) is 4.81. The molecule has 7 nitrogen and oxygen atoms in total. The van der Waals surface area contributed by atoms with Crippen LogP contribution in [0.25, 0.3) is 6.08 Å². The zero-order chi connectivity index (χ0) is 23.4. The van der Waals surface area contributed by atoms with E-state index in [-0.39, 0.29) is 36.0 Å². The summed E-state index contributed by atoms with van der Waals surface area (Å²) in [5.41, 5.74) is 2.47. The number of carbonyl (C=O) groups is 3. The van der Waals surface area contributed by atoms with Gasteiger partial charge in [-0.3, -0.25) is 19.3 Å². The minimum atomic E-state index is -0.373. The fourth-order valence-corrected chi connectivity index (χ4v) is 4.22. The zero-order valence-corrected chi connectivity index (χ0v) is 19.0. The van der Waals surface area contributed by atoms with Gasteiger partial charge < -0.3 is 14.4 Å². The highest BCUT2D eigenvalue weighted by atomic mass is 16.5. The molecule has 33 heavy (non-hydrogen) atoms. The smallest absolute Gasteiger partial charge is 0.310 e. The molecule has 0 radical (unpaired) electrons. The lowest BCUT2D eigenvalue weighted by Crippen LogP contribution is -2.49. The van der Waals surface area contributed by atoms with Gasteiger partial charge in [0.05, 0.1) is 18.2 Å². The first-order chi connectivity index (χ1) is 16.0. The van der Waals surface area contributed by atoms with E-state index in [4.69, 9.17) is 9.47 Å². The lowest BCUT2D eigenvalue weighted by molar-refractivity contribution is -0.151. The third kappa shape index (κ3) is 5.08. The molecule has 0 aromatic heterocycles. The van der Waals surface area contributed by atoms with Crippen LogP contribution in [-0.4, -0.2) is 48.9 Å². The van der Waals surface area contributed by atoms with Crippen LogP contribution in [0.2, 0.25) is 0 Å². The van der Waals surface area contributed by atoms with E-state index in [0.29, 0.717) is 37.6 Å². The molecule has 1 unspecified atom stereocenters. The average Bonchev–Trinajstić information content (AvgIpc) is 2.82. The third-order valence-electron chi connectivity index (χ3n) is 5.86. The van der Waals surface area contributed by atoms with Crippen LogP contribution in [0.4, 0.5) is 5.69 Å². The number of piperidine rings is 1. The number of esters is 1. The minimum absolute atomic E-state index is 0.125. The van der Waals surface area contributed by atoms with Crippen LogP contribution in [-0.2, 0) is 19.1 Å². The number of benzene rings is 2. The van der Waals surface area contributed by atoms with Gasteiger partial charge in [-0.05, 0) is 50.5 Å². The van der Waals surface area contributed by atoms with Crippen molar-refractivity contribution < 1.29 is 23.9 Å². The Hall–Kier alpha value is -3.61. The number of nitrogens with zero attached hydrogens (tertiary/aromatic N) is 2. The van der Waals surface area contributed by atoms with Crippen LogP contribution in [0.3, 0.4) is 0 Å². The first-order valence-corrected chi connectivity index (χ1v) is 11.3. The molecule has 4 rings (SSSR count). The second-order valence-corrected chi connectivity index (χ2v) is 8.31. The molecule has 1 fully saturated rings. The Morgan fingerprint density at radius 1 is 1.18 bits per heavy atom. The lowest BCUT2D eigenvalue weighted by Gasteiger charge is -2.35. The van der Waals surface area contributed by atoms with Gasteiger partial charge in [0.2, 0.25) is 5.91 Å². The normalized spacial score (nSPS) is 19.2. The van der Waals surface area contributed by atoms with Gasteiger partial charge in [0.15, 0.2) is 11.5 Å². The Morgan fingerprint density at radius 2 is 2.00 bits per heavy atom. The SMILES string of the molecule is CCOC(=O)C1CCCN(C(=O)CN2C(=O)/C(=C\c3cccc(C)c3)Oc3ccccc32)C1. The molecule has 172 valence electrons. The molecule has 2 aliphatic heterocycles. The maximum absolute atomic E-state index is 13.3. The number of hydrogen-bond acceptors (Lipinski definition) is 5. The average molecular weight is 449 g/mol. The highest BCUT2D eigenvalue weighted by Crippen LogP contribution is 2.35. The molecule has 0 N–H and O–H groups in total. The molecule has 2 aliphatic rings. The van der Waals surface area contributed by atoms with E-state index < -0.39 is 0 Å². The predicted octanol–water partition coefficient (Wildman–Crippen LogP) is 3.56. The van der Waals surface area contributed by atoms with Crippen LogP contribution >= 0.6 is 0 Å². The first-order valence-electron chi connectivity index (χ1n) is 11.3. The molecule has 1 saturated heterocycles. The monoisotopic (exact) mass is 448 g/mol. The van der Waals surface area contributed by atoms with Crippen molar-refractivity contribution in [1.82, 2.24) is 4.90 Å². The maximum atomic E-state index is 13.3. The number of hydrogen-bond donors (Lipinski definition) is 0. The van der Waals surface area contributed by atoms with Crippen molar-refractivity contribution in [2.45, 2.75) is 26.7 Å². The predicted molar refractivity (Wildman–Crippen MR) is 125 cm³/mol. The Balaban J connectivity index is 1.56. The number of fused-ring (bicyclic) bond motifs is 1. The van der Waals surface area contributed by atoms with E-state index in [1.807, 2.05) is 37.3 Å². The summed E-state index contributed by atoms with van der Waals surface area (Å²) in [7, 11) is 0. The van der Waals surface area contributed by atoms with Gasteiger partial charge in [0.1, 0.15) is 6.54 Å². The van der Waals surface area contributed by atoms with Gasteiger partial charge in [-0.1, -0.05) is 42.0 Å². The molecular weight excluding hydrogens is 420 g/mol. The molecule has 2 amide bonds. The van der Waals surface area contributed by atoms with Crippen LogP contribution in [0.15, 0.2) is 54.3 Å². The van der Waals surface area contributed by atoms with Crippen molar-refractivity contribution in [2.24, 2.45) is 5.92 Å². The number of anilines is 1. The van der Waals surface area contributed by atoms with Gasteiger partial charge in [-0.15, -0.1) is 0 Å². The van der Waals surface area contributed by atoms with Gasteiger partial charge in [0, 0.05) is 13.1 Å². The van der Waals surface area contributed by atoms with Crippen molar-refractivity contribution in [3.8, 4) is 5.75 Å². The number of likely N-dealkylation sites (tertiary alicyclic amines) is 1. The van der Waals surface area contributed by atoms with E-state index in [1.54, 1.807) is 36.1 Å². The van der Waals surface area contributed by atoms with Crippen LogP contribution in [0.5, 0.6) is 5.75 Å². The third-order valence-corrected chi connectivity index (χ3v) is 5.86. The maximum Gasteiger partial charge on any atom is 0.310 e. The number of rotatable bonds is 5. The molecule has 0 spiro atoms. The van der Waals surface area contributed by atoms with Crippen LogP contribution in [0, 0.1) is 12.8 Å². The van der Waals surface area contributed by atoms with E-state index in [2.05, 4.69) is 0 Å². The van der Waals surface area contributed by atoms with Crippen molar-refractivity contribution in [2.75, 3.05) is 31.1 Å². The van der Waals surface area contributed by atoms with Crippen molar-refractivity contribution >= 4 is 29.5 Å². The summed E-state index contributed by atoms with van der Waals surface area (Å²) >= 11 is 0. The number of para-hydroxylation sites is 2. The van der Waals surface area contributed by atoms with Crippen molar-refractivity contribution in [3.05, 3.63) is 65.4 Å². The van der Waals surface area contributed by atoms with Crippen LogP contribution < -0.4 is 9.64 Å². The second-order valence-electron chi connectivity index (χ2n) is 8.31. The lowest BCUT2D eigenvalue weighted by atomic mass is 9.98. The zero-order valence-electron chi connectivity index (χ0n) is 19.0. The van der Waals surface area contributed by atoms with Gasteiger partial charge >= 0.3 is 5.97 Å². The molecular formula is C26H28N2O5. The quantitative estimate of drug-likeness (QED) is 0.516. The summed E-state index contributed by atoms with van der Waals surface area (Å²) in [4.78, 5) is 41.8. The van der Waals surface area contributed by atoms with Crippen LogP contribution in [0.1, 0.15) is 30.9 Å². The molecule has 0 bridgehead atoms.